The first-order chi connectivity index (χ1) is 9.95. The summed E-state index contributed by atoms with van der Waals surface area (Å²) < 4.78 is 5.11. The molecule has 0 aliphatic carbocycles. The van der Waals surface area contributed by atoms with Crippen molar-refractivity contribution in [2.75, 3.05) is 0 Å². The van der Waals surface area contributed by atoms with Gasteiger partial charge in [-0.2, -0.15) is 0 Å². The molecule has 3 unspecified atom stereocenters. The quantitative estimate of drug-likeness (QED) is 0.619. The zero-order valence-corrected chi connectivity index (χ0v) is 16.1. The highest BCUT2D eigenvalue weighted by Crippen LogP contribution is 2.47. The lowest BCUT2D eigenvalue weighted by Gasteiger charge is -2.46. The maximum absolute atomic E-state index is 10.4. The molecular weight excluding hydrogens is 288 g/mol. The van der Waals surface area contributed by atoms with Crippen LogP contribution in [0.3, 0.4) is 0 Å². The van der Waals surface area contributed by atoms with Gasteiger partial charge in [0, 0.05) is 5.92 Å². The van der Waals surface area contributed by atoms with Crippen molar-refractivity contribution in [3.8, 4) is 0 Å². The number of benzene rings is 1. The van der Waals surface area contributed by atoms with Crippen LogP contribution in [0, 0.1) is 17.3 Å². The Bertz CT molecular complexity index is 464. The van der Waals surface area contributed by atoms with Crippen molar-refractivity contribution in [1.82, 2.24) is 0 Å². The Hall–Kier alpha value is -0.643. The minimum Gasteiger partial charge on any atom is -0.392 e. The van der Waals surface area contributed by atoms with Gasteiger partial charge < -0.3 is 9.53 Å². The van der Waals surface area contributed by atoms with Crippen molar-refractivity contribution in [1.29, 1.82) is 0 Å². The Balaban J connectivity index is 3.24. The normalized spacial score (nSPS) is 20.8. The Kier molecular flexibility index (Phi) is 6.05. The van der Waals surface area contributed by atoms with E-state index in [0.717, 1.165) is 6.42 Å². The number of rotatable bonds is 6. The molecule has 0 heterocycles. The summed E-state index contributed by atoms with van der Waals surface area (Å²) >= 11 is 0. The summed E-state index contributed by atoms with van der Waals surface area (Å²) in [5.41, 5.74) is 1.44. The molecule has 0 bridgehead atoms. The van der Waals surface area contributed by atoms with Crippen molar-refractivity contribution in [2.24, 2.45) is 17.3 Å². The van der Waals surface area contributed by atoms with Crippen molar-refractivity contribution in [3.63, 3.8) is 0 Å². The van der Waals surface area contributed by atoms with E-state index in [1.54, 1.807) is 6.92 Å². The third-order valence-corrected chi connectivity index (χ3v) is 5.95. The molecule has 1 aromatic carbocycles. The molecule has 22 heavy (non-hydrogen) atoms. The summed E-state index contributed by atoms with van der Waals surface area (Å²) in [5.74, 6) is -0.764. The Morgan fingerprint density at radius 2 is 1.55 bits per heavy atom. The Morgan fingerprint density at radius 3 is 1.95 bits per heavy atom. The van der Waals surface area contributed by atoms with E-state index < -0.39 is 5.79 Å². The fraction of sp³-hybridized carbons (Fsp3) is 0.684. The van der Waals surface area contributed by atoms with Crippen LogP contribution in [-0.2, 0) is 9.84 Å². The van der Waals surface area contributed by atoms with Crippen molar-refractivity contribution < 1.29 is 9.53 Å². The second-order valence-corrected chi connectivity index (χ2v) is 8.34. The summed E-state index contributed by atoms with van der Waals surface area (Å²) in [7, 11) is 3.01. The van der Waals surface area contributed by atoms with E-state index in [1.165, 1.54) is 5.56 Å². The fourth-order valence-corrected chi connectivity index (χ4v) is 3.45. The van der Waals surface area contributed by atoms with E-state index in [4.69, 9.17) is 4.43 Å². The highest BCUT2D eigenvalue weighted by Gasteiger charge is 2.43. The van der Waals surface area contributed by atoms with Gasteiger partial charge in [0.1, 0.15) is 0 Å². The molecule has 4 atom stereocenters. The standard InChI is InChI=1S/C19H31O2Si/c1-14(19(7,20)21-22)13-18(6,15(2)17(3,4)5)16-11-9-8-10-12-16/h8-12,14-15,20H,13H2,1-7H3/t14?,15?,18-,19?/m0/s1. The second-order valence-electron chi connectivity index (χ2n) is 8.13. The molecule has 3 heteroatoms. The minimum absolute atomic E-state index is 0.0139. The van der Waals surface area contributed by atoms with Crippen LogP contribution in [0.1, 0.15) is 60.5 Å². The smallest absolute Gasteiger partial charge is 0.250 e. The van der Waals surface area contributed by atoms with E-state index in [2.05, 4.69) is 69.4 Å². The topological polar surface area (TPSA) is 29.5 Å². The molecule has 123 valence electrons. The third-order valence-electron chi connectivity index (χ3n) is 5.54. The van der Waals surface area contributed by atoms with Crippen LogP contribution in [-0.4, -0.2) is 21.4 Å². The van der Waals surface area contributed by atoms with Gasteiger partial charge in [-0.05, 0) is 35.7 Å². The molecule has 0 aliphatic heterocycles. The average molecular weight is 320 g/mol. The van der Waals surface area contributed by atoms with E-state index in [-0.39, 0.29) is 16.7 Å². The summed E-state index contributed by atoms with van der Waals surface area (Å²) in [6.07, 6.45) is 0.840. The molecule has 1 aromatic rings. The van der Waals surface area contributed by atoms with Gasteiger partial charge in [0.15, 0.2) is 5.79 Å². The molecule has 0 spiro atoms. The predicted octanol–water partition coefficient (Wildman–Crippen LogP) is 4.46. The van der Waals surface area contributed by atoms with Crippen molar-refractivity contribution >= 4 is 10.5 Å². The fourth-order valence-electron chi connectivity index (χ4n) is 3.25. The lowest BCUT2D eigenvalue weighted by molar-refractivity contribution is -0.163. The average Bonchev–Trinajstić information content (AvgIpc) is 2.46. The molecule has 0 amide bonds. The van der Waals surface area contributed by atoms with Crippen LogP contribution in [0.15, 0.2) is 30.3 Å². The van der Waals surface area contributed by atoms with Gasteiger partial charge in [0.25, 0.3) is 0 Å². The number of aliphatic hydroxyl groups is 1. The first-order valence-corrected chi connectivity index (χ1v) is 8.48. The summed E-state index contributed by atoms with van der Waals surface area (Å²) in [6, 6.07) is 10.6. The molecule has 0 fully saturated rings. The van der Waals surface area contributed by atoms with E-state index >= 15 is 0 Å². The highest BCUT2D eigenvalue weighted by atomic mass is 28.2. The molecule has 0 aromatic heterocycles. The van der Waals surface area contributed by atoms with Gasteiger partial charge in [-0.15, -0.1) is 0 Å². The molecule has 3 radical (unpaired) electrons. The lowest BCUT2D eigenvalue weighted by Crippen LogP contribution is -2.44. The molecule has 1 N–H and O–H groups in total. The van der Waals surface area contributed by atoms with E-state index in [1.807, 2.05) is 13.0 Å². The van der Waals surface area contributed by atoms with Gasteiger partial charge in [-0.3, -0.25) is 0 Å². The van der Waals surface area contributed by atoms with Crippen LogP contribution in [0.5, 0.6) is 0 Å². The van der Waals surface area contributed by atoms with Crippen molar-refractivity contribution in [2.45, 2.75) is 66.1 Å². The maximum Gasteiger partial charge on any atom is 0.250 e. The number of hydrogen-bond acceptors (Lipinski definition) is 2. The first kappa shape index (κ1) is 19.4. The SMILES string of the molecule is CC(C[C@](C)(c1ccccc1)C(C)C(C)(C)C)C(C)(O)O[Si]. The summed E-state index contributed by atoms with van der Waals surface area (Å²) in [6.45, 7) is 15.2. The zero-order chi connectivity index (χ0) is 17.2. The van der Waals surface area contributed by atoms with Crippen LogP contribution in [0.2, 0.25) is 0 Å². The second kappa shape index (κ2) is 6.86. The van der Waals surface area contributed by atoms with Crippen LogP contribution in [0.25, 0.3) is 0 Å². The van der Waals surface area contributed by atoms with Gasteiger partial charge in [-0.1, -0.05) is 71.9 Å². The largest absolute Gasteiger partial charge is 0.392 e. The van der Waals surface area contributed by atoms with Crippen LogP contribution < -0.4 is 0 Å². The minimum atomic E-state index is -1.19. The molecule has 2 nitrogen and oxygen atoms in total. The van der Waals surface area contributed by atoms with Gasteiger partial charge in [0.05, 0.1) is 0 Å². The molecule has 0 aliphatic rings. The van der Waals surface area contributed by atoms with E-state index in [9.17, 15) is 5.11 Å². The van der Waals surface area contributed by atoms with Gasteiger partial charge >= 0.3 is 0 Å². The van der Waals surface area contributed by atoms with Crippen molar-refractivity contribution in [3.05, 3.63) is 35.9 Å². The molecule has 1 rings (SSSR count). The van der Waals surface area contributed by atoms with Gasteiger partial charge in [-0.25, -0.2) is 0 Å². The van der Waals surface area contributed by atoms with E-state index in [0.29, 0.717) is 5.92 Å². The summed E-state index contributed by atoms with van der Waals surface area (Å²) in [4.78, 5) is 0. The highest BCUT2D eigenvalue weighted by molar-refractivity contribution is 5.98. The molecule has 0 saturated heterocycles. The zero-order valence-electron chi connectivity index (χ0n) is 15.1. The van der Waals surface area contributed by atoms with Crippen LogP contribution >= 0.6 is 0 Å². The van der Waals surface area contributed by atoms with Gasteiger partial charge in [0.2, 0.25) is 10.5 Å². The number of hydrogen-bond donors (Lipinski definition) is 1. The monoisotopic (exact) mass is 319 g/mol. The molecular formula is C19H31O2Si. The first-order valence-electron chi connectivity index (χ1n) is 8.08. The predicted molar refractivity (Wildman–Crippen MR) is 93.7 cm³/mol. The summed E-state index contributed by atoms with van der Waals surface area (Å²) in [5, 5.41) is 10.4. The third kappa shape index (κ3) is 4.21. The lowest BCUT2D eigenvalue weighted by atomic mass is 9.59. The Labute approximate surface area is 139 Å². The molecule has 0 saturated carbocycles. The van der Waals surface area contributed by atoms with Crippen LogP contribution in [0.4, 0.5) is 0 Å². The maximum atomic E-state index is 10.4. The Morgan fingerprint density at radius 1 is 1.05 bits per heavy atom.